The number of nitrogens with zero attached hydrogens (tertiary/aromatic N) is 1. The van der Waals surface area contributed by atoms with E-state index in [1.807, 2.05) is 13.0 Å². The molecule has 0 radical (unpaired) electrons. The molecule has 0 saturated carbocycles. The maximum absolute atomic E-state index is 12.1. The summed E-state index contributed by atoms with van der Waals surface area (Å²) in [5.41, 5.74) is 2.01. The van der Waals surface area contributed by atoms with Gasteiger partial charge < -0.3 is 5.11 Å². The molecule has 0 fully saturated rings. The van der Waals surface area contributed by atoms with Crippen LogP contribution in [0.5, 0.6) is 0 Å². The monoisotopic (exact) mass is 279 g/mol. The largest absolute Gasteiger partial charge is 0.396 e. The van der Waals surface area contributed by atoms with Crippen LogP contribution in [0.1, 0.15) is 32.7 Å². The number of rotatable bonds is 6. The second-order valence-corrected chi connectivity index (χ2v) is 5.73. The summed E-state index contributed by atoms with van der Waals surface area (Å²) in [6.45, 7) is 2.52. The molecular weight excluding hydrogens is 262 g/mol. The lowest BCUT2D eigenvalue weighted by molar-refractivity contribution is 0.0664. The van der Waals surface area contributed by atoms with Gasteiger partial charge in [0.1, 0.15) is 0 Å². The van der Waals surface area contributed by atoms with Crippen molar-refractivity contribution in [2.24, 2.45) is 0 Å². The predicted octanol–water partition coefficient (Wildman–Crippen LogP) is 1.71. The fourth-order valence-corrected chi connectivity index (χ4v) is 2.88. The number of imide groups is 1. The fraction of sp³-hybridized carbons (Fsp3) is 0.429. The molecule has 0 saturated heterocycles. The normalized spacial score (nSPS) is 14.1. The Bertz CT molecular complexity index is 501. The number of fused-ring (bicyclic) bond motifs is 1. The lowest BCUT2D eigenvalue weighted by Crippen LogP contribution is -2.31. The molecule has 0 spiro atoms. The number of thioether (sulfide) groups is 1. The summed E-state index contributed by atoms with van der Waals surface area (Å²) < 4.78 is 0. The molecule has 0 atom stereocenters. The van der Waals surface area contributed by atoms with Crippen LogP contribution >= 0.6 is 11.8 Å². The summed E-state index contributed by atoms with van der Waals surface area (Å²) >= 11 is 1.64. The van der Waals surface area contributed by atoms with Gasteiger partial charge in [-0.15, -0.1) is 0 Å². The van der Waals surface area contributed by atoms with Crippen LogP contribution in [0, 0.1) is 6.92 Å². The van der Waals surface area contributed by atoms with Crippen molar-refractivity contribution in [2.75, 3.05) is 24.7 Å². The van der Waals surface area contributed by atoms with E-state index in [-0.39, 0.29) is 18.4 Å². The van der Waals surface area contributed by atoms with Gasteiger partial charge in [0, 0.05) is 18.9 Å². The molecule has 2 rings (SSSR count). The quantitative estimate of drug-likeness (QED) is 0.636. The van der Waals surface area contributed by atoms with E-state index in [2.05, 4.69) is 0 Å². The molecule has 19 heavy (non-hydrogen) atoms. The highest BCUT2D eigenvalue weighted by atomic mass is 32.2. The van der Waals surface area contributed by atoms with Crippen LogP contribution in [0.25, 0.3) is 0 Å². The van der Waals surface area contributed by atoms with Crippen LogP contribution in [-0.4, -0.2) is 46.5 Å². The van der Waals surface area contributed by atoms with Crippen molar-refractivity contribution in [2.45, 2.75) is 13.3 Å². The Morgan fingerprint density at radius 3 is 2.63 bits per heavy atom. The first-order chi connectivity index (χ1) is 9.15. The van der Waals surface area contributed by atoms with Crippen LogP contribution < -0.4 is 0 Å². The summed E-state index contributed by atoms with van der Waals surface area (Å²) in [5, 5.41) is 8.67. The van der Waals surface area contributed by atoms with E-state index in [0.717, 1.165) is 17.7 Å². The molecule has 1 heterocycles. The zero-order valence-corrected chi connectivity index (χ0v) is 11.7. The van der Waals surface area contributed by atoms with Crippen molar-refractivity contribution >= 4 is 23.6 Å². The molecule has 0 bridgehead atoms. The van der Waals surface area contributed by atoms with Crippen molar-refractivity contribution in [3.63, 3.8) is 0 Å². The minimum absolute atomic E-state index is 0.180. The first-order valence-corrected chi connectivity index (χ1v) is 7.46. The number of benzene rings is 1. The van der Waals surface area contributed by atoms with Gasteiger partial charge in [0.2, 0.25) is 0 Å². The molecule has 0 aromatic heterocycles. The van der Waals surface area contributed by atoms with Gasteiger partial charge in [0.15, 0.2) is 0 Å². The number of aryl methyl sites for hydroxylation is 1. The number of aliphatic hydroxyl groups excluding tert-OH is 1. The molecule has 0 aliphatic carbocycles. The highest BCUT2D eigenvalue weighted by Crippen LogP contribution is 2.24. The third-order valence-electron chi connectivity index (χ3n) is 3.03. The standard InChI is InChI=1S/C14H17NO3S/c1-10-3-4-11-12(9-10)14(18)15(13(11)17)5-8-19-7-2-6-16/h3-4,9,16H,2,5-8H2,1H3. The Labute approximate surface area is 116 Å². The van der Waals surface area contributed by atoms with E-state index in [0.29, 0.717) is 23.4 Å². The Kier molecular flexibility index (Phi) is 4.61. The number of hydrogen-bond donors (Lipinski definition) is 1. The molecular formula is C14H17NO3S. The SMILES string of the molecule is Cc1ccc2c(c1)C(=O)N(CCSCCCO)C2=O. The van der Waals surface area contributed by atoms with E-state index < -0.39 is 0 Å². The summed E-state index contributed by atoms with van der Waals surface area (Å²) in [6.07, 6.45) is 0.742. The number of amides is 2. The van der Waals surface area contributed by atoms with Crippen molar-refractivity contribution in [3.8, 4) is 0 Å². The molecule has 1 aliphatic rings. The highest BCUT2D eigenvalue weighted by molar-refractivity contribution is 7.99. The number of carbonyl (C=O) groups is 2. The van der Waals surface area contributed by atoms with Gasteiger partial charge in [-0.25, -0.2) is 0 Å². The third kappa shape index (κ3) is 2.98. The van der Waals surface area contributed by atoms with Gasteiger partial charge in [-0.1, -0.05) is 11.6 Å². The molecule has 4 nitrogen and oxygen atoms in total. The van der Waals surface area contributed by atoms with Crippen molar-refractivity contribution < 1.29 is 14.7 Å². The Hall–Kier alpha value is -1.33. The minimum atomic E-state index is -0.192. The lowest BCUT2D eigenvalue weighted by atomic mass is 10.1. The zero-order chi connectivity index (χ0) is 13.8. The molecule has 1 aromatic carbocycles. The van der Waals surface area contributed by atoms with Gasteiger partial charge in [-0.2, -0.15) is 11.8 Å². The lowest BCUT2D eigenvalue weighted by Gasteiger charge is -2.13. The van der Waals surface area contributed by atoms with E-state index in [1.54, 1.807) is 23.9 Å². The van der Waals surface area contributed by atoms with Gasteiger partial charge in [-0.3, -0.25) is 14.5 Å². The minimum Gasteiger partial charge on any atom is -0.396 e. The van der Waals surface area contributed by atoms with Crippen LogP contribution in [0.2, 0.25) is 0 Å². The fourth-order valence-electron chi connectivity index (χ4n) is 2.03. The van der Waals surface area contributed by atoms with Crippen LogP contribution in [-0.2, 0) is 0 Å². The average molecular weight is 279 g/mol. The number of aliphatic hydroxyl groups is 1. The number of carbonyl (C=O) groups excluding carboxylic acids is 2. The zero-order valence-electron chi connectivity index (χ0n) is 10.9. The molecule has 5 heteroatoms. The van der Waals surface area contributed by atoms with Crippen LogP contribution in [0.3, 0.4) is 0 Å². The highest BCUT2D eigenvalue weighted by Gasteiger charge is 2.34. The summed E-state index contributed by atoms with van der Waals surface area (Å²) in [4.78, 5) is 25.5. The molecule has 0 unspecified atom stereocenters. The van der Waals surface area contributed by atoms with E-state index >= 15 is 0 Å². The van der Waals surface area contributed by atoms with Gasteiger partial charge in [0.05, 0.1) is 11.1 Å². The van der Waals surface area contributed by atoms with Gasteiger partial charge in [0.25, 0.3) is 11.8 Å². The third-order valence-corrected chi connectivity index (χ3v) is 4.08. The van der Waals surface area contributed by atoms with Gasteiger partial charge in [-0.05, 0) is 31.2 Å². The first-order valence-electron chi connectivity index (χ1n) is 6.30. The maximum atomic E-state index is 12.1. The van der Waals surface area contributed by atoms with Crippen molar-refractivity contribution in [1.82, 2.24) is 4.90 Å². The summed E-state index contributed by atoms with van der Waals surface area (Å²) in [7, 11) is 0. The molecule has 1 aliphatic heterocycles. The Balaban J connectivity index is 1.98. The van der Waals surface area contributed by atoms with Crippen molar-refractivity contribution in [3.05, 3.63) is 34.9 Å². The second-order valence-electron chi connectivity index (χ2n) is 4.50. The first kappa shape index (κ1) is 14.1. The smallest absolute Gasteiger partial charge is 0.261 e. The summed E-state index contributed by atoms with van der Waals surface area (Å²) in [6, 6.07) is 5.35. The predicted molar refractivity (Wildman–Crippen MR) is 75.6 cm³/mol. The average Bonchev–Trinajstić information content (AvgIpc) is 2.63. The topological polar surface area (TPSA) is 57.6 Å². The second kappa shape index (κ2) is 6.21. The van der Waals surface area contributed by atoms with Crippen LogP contribution in [0.15, 0.2) is 18.2 Å². The van der Waals surface area contributed by atoms with E-state index in [1.165, 1.54) is 4.90 Å². The van der Waals surface area contributed by atoms with Crippen molar-refractivity contribution in [1.29, 1.82) is 0 Å². The number of hydrogen-bond acceptors (Lipinski definition) is 4. The molecule has 1 N–H and O–H groups in total. The Morgan fingerprint density at radius 2 is 1.89 bits per heavy atom. The molecule has 1 aromatic rings. The van der Waals surface area contributed by atoms with E-state index in [9.17, 15) is 9.59 Å². The van der Waals surface area contributed by atoms with E-state index in [4.69, 9.17) is 5.11 Å². The van der Waals surface area contributed by atoms with Crippen LogP contribution in [0.4, 0.5) is 0 Å². The van der Waals surface area contributed by atoms with Gasteiger partial charge >= 0.3 is 0 Å². The summed E-state index contributed by atoms with van der Waals surface area (Å²) in [5.74, 6) is 1.18. The molecule has 2 amide bonds. The maximum Gasteiger partial charge on any atom is 0.261 e. The molecule has 102 valence electrons. The Morgan fingerprint density at radius 1 is 1.16 bits per heavy atom.